The van der Waals surface area contributed by atoms with Crippen molar-refractivity contribution in [1.82, 2.24) is 15.0 Å². The molecule has 0 aliphatic carbocycles. The number of ether oxygens (including phenoxy) is 1. The molecule has 1 N–H and O–H groups in total. The van der Waals surface area contributed by atoms with Gasteiger partial charge in [0.25, 0.3) is 0 Å². The highest BCUT2D eigenvalue weighted by Gasteiger charge is 2.30. The van der Waals surface area contributed by atoms with Gasteiger partial charge in [-0.3, -0.25) is 9.69 Å². The van der Waals surface area contributed by atoms with E-state index in [0.717, 1.165) is 31.6 Å². The molecule has 1 fully saturated rings. The fraction of sp³-hybridized carbons (Fsp3) is 0.318. The van der Waals surface area contributed by atoms with Crippen LogP contribution in [-0.2, 0) is 4.79 Å². The molecule has 156 valence electrons. The number of anilines is 1. The van der Waals surface area contributed by atoms with E-state index in [-0.39, 0.29) is 24.3 Å². The summed E-state index contributed by atoms with van der Waals surface area (Å²) in [6.07, 6.45) is 2.83. The van der Waals surface area contributed by atoms with Gasteiger partial charge in [-0.1, -0.05) is 23.7 Å². The Morgan fingerprint density at radius 2 is 2.10 bits per heavy atom. The Balaban J connectivity index is 1.44. The number of aromatic nitrogens is 2. The van der Waals surface area contributed by atoms with Crippen LogP contribution in [0.5, 0.6) is 5.75 Å². The number of halogens is 1. The van der Waals surface area contributed by atoms with E-state index in [9.17, 15) is 9.18 Å². The maximum atomic E-state index is 13.5. The van der Waals surface area contributed by atoms with Gasteiger partial charge in [-0.2, -0.15) is 4.98 Å². The van der Waals surface area contributed by atoms with E-state index in [1.807, 2.05) is 4.90 Å². The number of nitrogens with zero attached hydrogens (tertiary/aromatic N) is 3. The highest BCUT2D eigenvalue weighted by atomic mass is 19.1. The van der Waals surface area contributed by atoms with E-state index in [2.05, 4.69) is 15.5 Å². The Hall–Kier alpha value is -3.26. The highest BCUT2D eigenvalue weighted by molar-refractivity contribution is 5.92. The summed E-state index contributed by atoms with van der Waals surface area (Å²) in [7, 11) is 1.60. The van der Waals surface area contributed by atoms with Crippen LogP contribution in [-0.4, -0.2) is 41.1 Å². The summed E-state index contributed by atoms with van der Waals surface area (Å²) >= 11 is 0. The lowest BCUT2D eigenvalue weighted by molar-refractivity contribution is -0.118. The van der Waals surface area contributed by atoms with Gasteiger partial charge in [-0.15, -0.1) is 0 Å². The minimum absolute atomic E-state index is 0.114. The lowest BCUT2D eigenvalue weighted by atomic mass is 10.0. The largest absolute Gasteiger partial charge is 0.497 e. The number of rotatable bonds is 6. The molecule has 7 nitrogen and oxygen atoms in total. The van der Waals surface area contributed by atoms with Gasteiger partial charge < -0.3 is 14.6 Å². The summed E-state index contributed by atoms with van der Waals surface area (Å²) in [5.41, 5.74) is 1.27. The van der Waals surface area contributed by atoms with Crippen LogP contribution in [0.1, 0.15) is 31.2 Å². The molecule has 1 aromatic heterocycles. The number of hydrogen-bond donors (Lipinski definition) is 1. The van der Waals surface area contributed by atoms with E-state index >= 15 is 0 Å². The van der Waals surface area contributed by atoms with Crippen LogP contribution in [0.2, 0.25) is 0 Å². The average molecular weight is 410 g/mol. The third kappa shape index (κ3) is 4.65. The van der Waals surface area contributed by atoms with Crippen molar-refractivity contribution in [2.75, 3.05) is 25.5 Å². The average Bonchev–Trinajstić information content (AvgIpc) is 3.25. The topological polar surface area (TPSA) is 80.5 Å². The van der Waals surface area contributed by atoms with Crippen molar-refractivity contribution >= 4 is 11.6 Å². The molecule has 0 radical (unpaired) electrons. The first kappa shape index (κ1) is 20.0. The van der Waals surface area contributed by atoms with Gasteiger partial charge in [0.1, 0.15) is 11.6 Å². The first-order valence-corrected chi connectivity index (χ1v) is 9.90. The monoisotopic (exact) mass is 410 g/mol. The van der Waals surface area contributed by atoms with E-state index in [4.69, 9.17) is 9.26 Å². The molecule has 8 heteroatoms. The second kappa shape index (κ2) is 9.04. The van der Waals surface area contributed by atoms with Gasteiger partial charge in [-0.25, -0.2) is 4.39 Å². The molecule has 0 unspecified atom stereocenters. The second-order valence-electron chi connectivity index (χ2n) is 7.23. The number of benzene rings is 2. The SMILES string of the molecule is COc1ccc(NC(=O)CN2CCCC[C@@H]2c2nc(-c3cccc(F)c3)no2)cc1. The van der Waals surface area contributed by atoms with Gasteiger partial charge >= 0.3 is 0 Å². The number of methoxy groups -OCH3 is 1. The van der Waals surface area contributed by atoms with E-state index in [0.29, 0.717) is 23.0 Å². The maximum Gasteiger partial charge on any atom is 0.244 e. The van der Waals surface area contributed by atoms with Crippen molar-refractivity contribution < 1.29 is 18.4 Å². The van der Waals surface area contributed by atoms with Crippen LogP contribution in [0.3, 0.4) is 0 Å². The fourth-order valence-electron chi connectivity index (χ4n) is 3.63. The molecular formula is C22H23FN4O3. The Kier molecular flexibility index (Phi) is 6.04. The molecule has 1 atom stereocenters. The minimum Gasteiger partial charge on any atom is -0.497 e. The highest BCUT2D eigenvalue weighted by Crippen LogP contribution is 2.31. The second-order valence-corrected chi connectivity index (χ2v) is 7.23. The summed E-state index contributed by atoms with van der Waals surface area (Å²) in [6, 6.07) is 13.1. The number of piperidine rings is 1. The first-order valence-electron chi connectivity index (χ1n) is 9.90. The summed E-state index contributed by atoms with van der Waals surface area (Å²) < 4.78 is 24.1. The molecule has 1 aliphatic rings. The molecule has 1 saturated heterocycles. The van der Waals surface area contributed by atoms with Gasteiger partial charge in [-0.05, 0) is 55.8 Å². The van der Waals surface area contributed by atoms with Gasteiger partial charge in [0.05, 0.1) is 19.7 Å². The van der Waals surface area contributed by atoms with Crippen molar-refractivity contribution in [2.24, 2.45) is 0 Å². The predicted octanol–water partition coefficient (Wildman–Crippen LogP) is 4.05. The summed E-state index contributed by atoms with van der Waals surface area (Å²) in [5.74, 6) is 1.06. The van der Waals surface area contributed by atoms with Crippen LogP contribution in [0, 0.1) is 5.82 Å². The van der Waals surface area contributed by atoms with Crippen LogP contribution >= 0.6 is 0 Å². The Bertz CT molecular complexity index is 1010. The number of likely N-dealkylation sites (tertiary alicyclic amines) is 1. The third-order valence-corrected chi connectivity index (χ3v) is 5.14. The number of carbonyl (C=O) groups is 1. The van der Waals surface area contributed by atoms with Crippen LogP contribution in [0.15, 0.2) is 53.1 Å². The van der Waals surface area contributed by atoms with Crippen molar-refractivity contribution in [3.05, 3.63) is 60.2 Å². The standard InChI is InChI=1S/C22H23FN4O3/c1-29-18-10-8-17(9-11-18)24-20(28)14-27-12-3-2-7-19(27)22-25-21(26-30-22)15-5-4-6-16(23)13-15/h4-6,8-11,13,19H,2-3,7,12,14H2,1H3,(H,24,28)/t19-/m1/s1. The van der Waals surface area contributed by atoms with Crippen molar-refractivity contribution in [2.45, 2.75) is 25.3 Å². The van der Waals surface area contributed by atoms with Gasteiger partial charge in [0.15, 0.2) is 0 Å². The minimum atomic E-state index is -0.353. The molecule has 0 bridgehead atoms. The molecule has 1 amide bonds. The Morgan fingerprint density at radius 1 is 1.27 bits per heavy atom. The normalized spacial score (nSPS) is 16.9. The number of nitrogens with one attached hydrogen (secondary N) is 1. The predicted molar refractivity (Wildman–Crippen MR) is 109 cm³/mol. The molecule has 4 rings (SSSR count). The molecule has 30 heavy (non-hydrogen) atoms. The zero-order chi connectivity index (χ0) is 20.9. The van der Waals surface area contributed by atoms with Crippen LogP contribution in [0.4, 0.5) is 10.1 Å². The van der Waals surface area contributed by atoms with E-state index in [1.165, 1.54) is 12.1 Å². The third-order valence-electron chi connectivity index (χ3n) is 5.14. The quantitative estimate of drug-likeness (QED) is 0.660. The number of amides is 1. The Morgan fingerprint density at radius 3 is 2.87 bits per heavy atom. The van der Waals surface area contributed by atoms with Crippen molar-refractivity contribution in [3.8, 4) is 17.1 Å². The van der Waals surface area contributed by atoms with Gasteiger partial charge in [0.2, 0.25) is 17.6 Å². The molecule has 0 saturated carbocycles. The summed E-state index contributed by atoms with van der Waals surface area (Å²) in [6.45, 7) is 0.979. The first-order chi connectivity index (χ1) is 14.6. The summed E-state index contributed by atoms with van der Waals surface area (Å²) in [5, 5.41) is 6.91. The van der Waals surface area contributed by atoms with Crippen LogP contribution in [0.25, 0.3) is 11.4 Å². The fourth-order valence-corrected chi connectivity index (χ4v) is 3.63. The molecule has 2 aromatic carbocycles. The van der Waals surface area contributed by atoms with Crippen LogP contribution < -0.4 is 10.1 Å². The molecule has 2 heterocycles. The lowest BCUT2D eigenvalue weighted by Gasteiger charge is -2.32. The molecule has 3 aromatic rings. The van der Waals surface area contributed by atoms with E-state index in [1.54, 1.807) is 43.5 Å². The molecular weight excluding hydrogens is 387 g/mol. The Labute approximate surface area is 173 Å². The van der Waals surface area contributed by atoms with E-state index < -0.39 is 0 Å². The maximum absolute atomic E-state index is 13.5. The van der Waals surface area contributed by atoms with Gasteiger partial charge in [0, 0.05) is 11.3 Å². The zero-order valence-corrected chi connectivity index (χ0v) is 16.7. The zero-order valence-electron chi connectivity index (χ0n) is 16.7. The lowest BCUT2D eigenvalue weighted by Crippen LogP contribution is -2.39. The summed E-state index contributed by atoms with van der Waals surface area (Å²) in [4.78, 5) is 19.1. The smallest absolute Gasteiger partial charge is 0.244 e. The van der Waals surface area contributed by atoms with Crippen molar-refractivity contribution in [3.63, 3.8) is 0 Å². The molecule has 1 aliphatic heterocycles. The van der Waals surface area contributed by atoms with Crippen molar-refractivity contribution in [1.29, 1.82) is 0 Å². The molecule has 0 spiro atoms. The number of hydrogen-bond acceptors (Lipinski definition) is 6. The number of carbonyl (C=O) groups excluding carboxylic acids is 1.